The van der Waals surface area contributed by atoms with Gasteiger partial charge < -0.3 is 14.8 Å². The number of esters is 4. The standard InChI is InChI=1S/C8H14N2O3.C4H5NO3.C4H10/c1-2-9-3-4-10-5-7(11)13-8(12)6-10;6-3-1-5-2-4(7)8-3;1-3-4-2/h9H,2-6H2,1H3;5H,1-2H2;3-4H2,1-2H3. The second-order valence-electron chi connectivity index (χ2n) is 5.36. The van der Waals surface area contributed by atoms with E-state index in [1.54, 1.807) is 4.90 Å². The minimum atomic E-state index is -0.499. The summed E-state index contributed by atoms with van der Waals surface area (Å²) >= 11 is 0. The number of hydrogen-bond donors (Lipinski definition) is 2. The zero-order valence-corrected chi connectivity index (χ0v) is 15.3. The first kappa shape index (κ1) is 23.2. The van der Waals surface area contributed by atoms with Gasteiger partial charge in [0.15, 0.2) is 0 Å². The van der Waals surface area contributed by atoms with Gasteiger partial charge in [0, 0.05) is 13.1 Å². The summed E-state index contributed by atoms with van der Waals surface area (Å²) in [6, 6.07) is 0. The second kappa shape index (κ2) is 14.5. The number of rotatable bonds is 5. The summed E-state index contributed by atoms with van der Waals surface area (Å²) < 4.78 is 8.53. The van der Waals surface area contributed by atoms with Crippen molar-refractivity contribution >= 4 is 23.9 Å². The summed E-state index contributed by atoms with van der Waals surface area (Å²) in [5.41, 5.74) is 0. The number of nitrogens with zero attached hydrogens (tertiary/aromatic N) is 1. The summed E-state index contributed by atoms with van der Waals surface area (Å²) in [6.45, 7) is 9.49. The van der Waals surface area contributed by atoms with Gasteiger partial charge in [0.2, 0.25) is 0 Å². The second-order valence-corrected chi connectivity index (χ2v) is 5.36. The van der Waals surface area contributed by atoms with Gasteiger partial charge in [-0.25, -0.2) is 0 Å². The number of carbonyl (C=O) groups is 4. The lowest BCUT2D eigenvalue weighted by Gasteiger charge is -2.23. The first-order chi connectivity index (χ1) is 11.9. The van der Waals surface area contributed by atoms with Gasteiger partial charge in [0.1, 0.15) is 0 Å². The van der Waals surface area contributed by atoms with E-state index in [2.05, 4.69) is 34.0 Å². The van der Waals surface area contributed by atoms with E-state index in [9.17, 15) is 19.2 Å². The fourth-order valence-corrected chi connectivity index (χ4v) is 1.65. The van der Waals surface area contributed by atoms with Crippen LogP contribution in [0.5, 0.6) is 0 Å². The third kappa shape index (κ3) is 13.2. The van der Waals surface area contributed by atoms with Crippen molar-refractivity contribution in [3.63, 3.8) is 0 Å². The van der Waals surface area contributed by atoms with Crippen molar-refractivity contribution in [3.8, 4) is 0 Å². The molecule has 9 nitrogen and oxygen atoms in total. The van der Waals surface area contributed by atoms with Crippen molar-refractivity contribution in [1.82, 2.24) is 15.5 Å². The largest absolute Gasteiger partial charge is 0.391 e. The molecule has 0 aliphatic carbocycles. The summed E-state index contributed by atoms with van der Waals surface area (Å²) in [4.78, 5) is 43.7. The number of ether oxygens (including phenoxy) is 2. The number of carbonyl (C=O) groups excluding carboxylic acids is 4. The number of hydrogen-bond acceptors (Lipinski definition) is 9. The molecule has 144 valence electrons. The maximum Gasteiger partial charge on any atom is 0.327 e. The molecule has 25 heavy (non-hydrogen) atoms. The number of morpholine rings is 2. The molecule has 0 unspecified atom stereocenters. The summed E-state index contributed by atoms with van der Waals surface area (Å²) in [5, 5.41) is 5.68. The third-order valence-corrected chi connectivity index (χ3v) is 3.05. The highest BCUT2D eigenvalue weighted by Gasteiger charge is 2.23. The van der Waals surface area contributed by atoms with Crippen LogP contribution in [0.3, 0.4) is 0 Å². The monoisotopic (exact) mass is 359 g/mol. The Balaban J connectivity index is 0.000000407. The number of likely N-dealkylation sites (N-methyl/N-ethyl adjacent to an activating group) is 1. The fourth-order valence-electron chi connectivity index (χ4n) is 1.65. The highest BCUT2D eigenvalue weighted by Crippen LogP contribution is 1.98. The van der Waals surface area contributed by atoms with Crippen LogP contribution in [-0.2, 0) is 28.7 Å². The van der Waals surface area contributed by atoms with Crippen LogP contribution in [0.2, 0.25) is 0 Å². The molecule has 0 spiro atoms. The van der Waals surface area contributed by atoms with Crippen molar-refractivity contribution in [3.05, 3.63) is 0 Å². The third-order valence-electron chi connectivity index (χ3n) is 3.05. The molecule has 0 amide bonds. The van der Waals surface area contributed by atoms with E-state index in [0.29, 0.717) is 6.54 Å². The summed E-state index contributed by atoms with van der Waals surface area (Å²) in [7, 11) is 0. The number of unbranched alkanes of at least 4 members (excludes halogenated alkanes) is 1. The molecular weight excluding hydrogens is 330 g/mol. The zero-order chi connectivity index (χ0) is 19.1. The SMILES string of the molecule is CCCC.CCNCCN1CC(=O)OC(=O)C1.O=C1CNCC(=O)O1. The molecule has 0 saturated carbocycles. The maximum atomic E-state index is 10.8. The van der Waals surface area contributed by atoms with Gasteiger partial charge in [0.25, 0.3) is 0 Å². The van der Waals surface area contributed by atoms with E-state index in [1.807, 2.05) is 6.92 Å². The molecule has 0 atom stereocenters. The van der Waals surface area contributed by atoms with E-state index in [-0.39, 0.29) is 26.2 Å². The Morgan fingerprint density at radius 3 is 1.72 bits per heavy atom. The average molecular weight is 359 g/mol. The van der Waals surface area contributed by atoms with Gasteiger partial charge in [-0.05, 0) is 6.54 Å². The molecule has 2 fully saturated rings. The normalized spacial score (nSPS) is 17.6. The minimum absolute atomic E-state index is 0.145. The molecule has 2 aliphatic heterocycles. The van der Waals surface area contributed by atoms with Crippen LogP contribution in [0.1, 0.15) is 33.6 Å². The van der Waals surface area contributed by atoms with Gasteiger partial charge in [-0.15, -0.1) is 0 Å². The number of cyclic esters (lactones) is 4. The van der Waals surface area contributed by atoms with Crippen molar-refractivity contribution in [2.24, 2.45) is 0 Å². The summed E-state index contributed by atoms with van der Waals surface area (Å²) in [5.74, 6) is -1.90. The van der Waals surface area contributed by atoms with Gasteiger partial charge in [-0.3, -0.25) is 29.4 Å². The van der Waals surface area contributed by atoms with E-state index in [0.717, 1.165) is 13.1 Å². The first-order valence-electron chi connectivity index (χ1n) is 8.53. The molecular formula is C16H29N3O6. The Bertz CT molecular complexity index is 410. The fraction of sp³-hybridized carbons (Fsp3) is 0.750. The average Bonchev–Trinajstić information content (AvgIpc) is 2.55. The zero-order valence-electron chi connectivity index (χ0n) is 15.3. The molecule has 0 aromatic carbocycles. The molecule has 0 radical (unpaired) electrons. The van der Waals surface area contributed by atoms with E-state index < -0.39 is 23.9 Å². The van der Waals surface area contributed by atoms with Crippen LogP contribution in [-0.4, -0.2) is 74.6 Å². The van der Waals surface area contributed by atoms with E-state index in [1.165, 1.54) is 12.8 Å². The topological polar surface area (TPSA) is 114 Å². The van der Waals surface area contributed by atoms with Gasteiger partial charge >= 0.3 is 23.9 Å². The molecule has 2 saturated heterocycles. The molecule has 9 heteroatoms. The van der Waals surface area contributed by atoms with Crippen LogP contribution in [0.4, 0.5) is 0 Å². The molecule has 2 N–H and O–H groups in total. The van der Waals surface area contributed by atoms with Crippen LogP contribution >= 0.6 is 0 Å². The molecule has 0 aromatic rings. The van der Waals surface area contributed by atoms with Crippen LogP contribution in [0, 0.1) is 0 Å². The lowest BCUT2D eigenvalue weighted by Crippen LogP contribution is -2.45. The first-order valence-corrected chi connectivity index (χ1v) is 8.53. The smallest absolute Gasteiger partial charge is 0.327 e. The van der Waals surface area contributed by atoms with Crippen LogP contribution < -0.4 is 10.6 Å². The maximum absolute atomic E-state index is 10.8. The highest BCUT2D eigenvalue weighted by molar-refractivity contribution is 5.90. The Morgan fingerprint density at radius 2 is 1.36 bits per heavy atom. The van der Waals surface area contributed by atoms with Gasteiger partial charge in [0.05, 0.1) is 26.2 Å². The van der Waals surface area contributed by atoms with Crippen molar-refractivity contribution < 1.29 is 28.7 Å². The lowest BCUT2D eigenvalue weighted by molar-refractivity contribution is -0.167. The van der Waals surface area contributed by atoms with Crippen LogP contribution in [0.15, 0.2) is 0 Å². The molecule has 0 aromatic heterocycles. The Kier molecular flexibility index (Phi) is 13.4. The summed E-state index contributed by atoms with van der Waals surface area (Å²) in [6.07, 6.45) is 2.64. The molecule has 2 aliphatic rings. The molecule has 2 rings (SSSR count). The van der Waals surface area contributed by atoms with E-state index >= 15 is 0 Å². The molecule has 2 heterocycles. The Hall–Kier alpha value is -1.84. The van der Waals surface area contributed by atoms with E-state index in [4.69, 9.17) is 0 Å². The molecule has 0 bridgehead atoms. The van der Waals surface area contributed by atoms with Gasteiger partial charge in [-0.1, -0.05) is 33.6 Å². The predicted molar refractivity (Wildman–Crippen MR) is 90.6 cm³/mol. The number of nitrogens with one attached hydrogen (secondary N) is 2. The van der Waals surface area contributed by atoms with Crippen LogP contribution in [0.25, 0.3) is 0 Å². The predicted octanol–water partition coefficient (Wildman–Crippen LogP) is -0.553. The highest BCUT2D eigenvalue weighted by atomic mass is 16.6. The minimum Gasteiger partial charge on any atom is -0.391 e. The van der Waals surface area contributed by atoms with Crippen molar-refractivity contribution in [2.75, 3.05) is 45.8 Å². The Labute approximate surface area is 148 Å². The quantitative estimate of drug-likeness (QED) is 0.379. The van der Waals surface area contributed by atoms with Crippen molar-refractivity contribution in [1.29, 1.82) is 0 Å². The van der Waals surface area contributed by atoms with Gasteiger partial charge in [-0.2, -0.15) is 0 Å². The Morgan fingerprint density at radius 1 is 0.880 bits per heavy atom. The van der Waals surface area contributed by atoms with Crippen molar-refractivity contribution in [2.45, 2.75) is 33.6 Å². The lowest BCUT2D eigenvalue weighted by atomic mass is 10.4.